The van der Waals surface area contributed by atoms with Crippen LogP contribution in [-0.2, 0) is 28.7 Å². The Morgan fingerprint density at radius 3 is 2.38 bits per heavy atom. The number of methoxy groups -OCH3 is 2. The largest absolute Gasteiger partial charge is 0.493 e. The van der Waals surface area contributed by atoms with E-state index in [4.69, 9.17) is 30.5 Å². The first-order chi connectivity index (χ1) is 21.3. The number of halogens is 1. The molecule has 0 aliphatic carbocycles. The topological polar surface area (TPSA) is 132 Å². The second-order valence-electron chi connectivity index (χ2n) is 12.3. The quantitative estimate of drug-likeness (QED) is 0.340. The number of hydrogen-bond donors (Lipinski definition) is 1. The SMILES string of the molecule is COc1cccc([C@@H]2O[C@@H](CC(=O)N3CCC(CC(=O)O)CC3)C(=O)N(CC(C)(C)COC(C)=O)c3ccc(Cl)cc32)c1OC. The monoisotopic (exact) mass is 644 g/mol. The Bertz CT molecular complexity index is 1420. The van der Waals surface area contributed by atoms with Gasteiger partial charge in [0.2, 0.25) is 5.91 Å². The number of piperidine rings is 1. The molecule has 1 N–H and O–H groups in total. The maximum absolute atomic E-state index is 14.4. The number of para-hydroxylation sites is 1. The predicted octanol–water partition coefficient (Wildman–Crippen LogP) is 4.87. The minimum atomic E-state index is -1.19. The van der Waals surface area contributed by atoms with E-state index in [2.05, 4.69) is 0 Å². The fourth-order valence-electron chi connectivity index (χ4n) is 5.92. The Hall–Kier alpha value is -3.83. The van der Waals surface area contributed by atoms with Crippen LogP contribution in [0.1, 0.15) is 63.7 Å². The molecule has 244 valence electrons. The lowest BCUT2D eigenvalue weighted by Crippen LogP contribution is -2.48. The molecule has 1 fully saturated rings. The molecule has 0 unspecified atom stereocenters. The number of benzene rings is 2. The minimum Gasteiger partial charge on any atom is -0.493 e. The van der Waals surface area contributed by atoms with Gasteiger partial charge in [-0.25, -0.2) is 0 Å². The fourth-order valence-corrected chi connectivity index (χ4v) is 6.10. The number of amides is 2. The summed E-state index contributed by atoms with van der Waals surface area (Å²) in [6.07, 6.45) is -1.08. The fraction of sp³-hybridized carbons (Fsp3) is 0.515. The maximum Gasteiger partial charge on any atom is 0.303 e. The summed E-state index contributed by atoms with van der Waals surface area (Å²) < 4.78 is 23.2. The number of anilines is 1. The van der Waals surface area contributed by atoms with Crippen molar-refractivity contribution in [1.29, 1.82) is 0 Å². The standard InChI is InChI=1S/C33H41ClN2O9/c1-20(37)44-19-33(2,3)18-36-25-10-9-22(34)16-24(25)30(23-7-6-8-26(42-4)31(23)43-5)45-27(32(36)41)17-28(38)35-13-11-21(12-14-35)15-29(39)40/h6-10,16,21,27,30H,11-15,17-19H2,1-5H3,(H,39,40)/t27-,30-/m0/s1. The zero-order chi connectivity index (χ0) is 32.9. The molecular formula is C33H41ClN2O9. The Labute approximate surface area is 268 Å². The lowest BCUT2D eigenvalue weighted by Gasteiger charge is -2.34. The van der Waals surface area contributed by atoms with Gasteiger partial charge in [0.15, 0.2) is 11.5 Å². The third-order valence-electron chi connectivity index (χ3n) is 8.16. The molecule has 12 heteroatoms. The number of fused-ring (bicyclic) bond motifs is 1. The summed E-state index contributed by atoms with van der Waals surface area (Å²) in [5.41, 5.74) is 1.06. The second-order valence-corrected chi connectivity index (χ2v) is 12.7. The van der Waals surface area contributed by atoms with Gasteiger partial charge in [0, 0.05) is 60.2 Å². The lowest BCUT2D eigenvalue weighted by atomic mass is 9.92. The van der Waals surface area contributed by atoms with Crippen LogP contribution in [0.2, 0.25) is 5.02 Å². The van der Waals surface area contributed by atoms with E-state index in [1.165, 1.54) is 21.1 Å². The van der Waals surface area contributed by atoms with Crippen LogP contribution < -0.4 is 14.4 Å². The van der Waals surface area contributed by atoms with Crippen LogP contribution in [0.25, 0.3) is 0 Å². The van der Waals surface area contributed by atoms with E-state index in [1.54, 1.807) is 40.1 Å². The van der Waals surface area contributed by atoms with Crippen molar-refractivity contribution < 1.29 is 43.2 Å². The zero-order valence-electron chi connectivity index (χ0n) is 26.3. The highest BCUT2D eigenvalue weighted by Gasteiger charge is 2.41. The first kappa shape index (κ1) is 34.1. The van der Waals surface area contributed by atoms with E-state index in [0.29, 0.717) is 59.3 Å². The molecule has 2 heterocycles. The Balaban J connectivity index is 1.75. The van der Waals surface area contributed by atoms with E-state index in [9.17, 15) is 24.3 Å². The molecule has 2 amide bonds. The molecule has 2 aliphatic heterocycles. The van der Waals surface area contributed by atoms with Gasteiger partial charge in [0.05, 0.1) is 27.2 Å². The molecule has 2 aromatic carbocycles. The second kappa shape index (κ2) is 14.5. The van der Waals surface area contributed by atoms with Crippen molar-refractivity contribution in [1.82, 2.24) is 4.90 Å². The molecule has 2 atom stereocenters. The predicted molar refractivity (Wildman–Crippen MR) is 167 cm³/mol. The van der Waals surface area contributed by atoms with Crippen molar-refractivity contribution >= 4 is 41.0 Å². The van der Waals surface area contributed by atoms with Gasteiger partial charge in [-0.1, -0.05) is 37.6 Å². The van der Waals surface area contributed by atoms with Gasteiger partial charge in [-0.05, 0) is 43.0 Å². The first-order valence-electron chi connectivity index (χ1n) is 14.9. The molecule has 0 aromatic heterocycles. The molecule has 0 spiro atoms. The summed E-state index contributed by atoms with van der Waals surface area (Å²) in [6, 6.07) is 10.5. The summed E-state index contributed by atoms with van der Waals surface area (Å²) in [5.74, 6) is -1.09. The molecule has 1 saturated heterocycles. The molecule has 0 saturated carbocycles. The molecule has 11 nitrogen and oxygen atoms in total. The highest BCUT2D eigenvalue weighted by molar-refractivity contribution is 6.30. The van der Waals surface area contributed by atoms with Gasteiger partial charge in [-0.3, -0.25) is 19.2 Å². The summed E-state index contributed by atoms with van der Waals surface area (Å²) >= 11 is 6.51. The number of likely N-dealkylation sites (tertiary alicyclic amines) is 1. The molecule has 45 heavy (non-hydrogen) atoms. The summed E-state index contributed by atoms with van der Waals surface area (Å²) in [7, 11) is 3.04. The van der Waals surface area contributed by atoms with Crippen LogP contribution in [0.5, 0.6) is 11.5 Å². The molecule has 0 radical (unpaired) electrons. The molecule has 2 aliphatic rings. The molecule has 0 bridgehead atoms. The zero-order valence-corrected chi connectivity index (χ0v) is 27.1. The highest BCUT2D eigenvalue weighted by Crippen LogP contribution is 2.45. The number of nitrogens with zero attached hydrogens (tertiary/aromatic N) is 2. The van der Waals surface area contributed by atoms with Crippen molar-refractivity contribution in [3.8, 4) is 11.5 Å². The van der Waals surface area contributed by atoms with Gasteiger partial charge in [-0.15, -0.1) is 0 Å². The van der Waals surface area contributed by atoms with Gasteiger partial charge >= 0.3 is 11.9 Å². The van der Waals surface area contributed by atoms with Crippen molar-refractivity contribution in [2.45, 2.75) is 58.7 Å². The van der Waals surface area contributed by atoms with E-state index in [-0.39, 0.29) is 37.8 Å². The number of ether oxygens (including phenoxy) is 4. The summed E-state index contributed by atoms with van der Waals surface area (Å²) in [4.78, 5) is 54.1. The third-order valence-corrected chi connectivity index (χ3v) is 8.40. The van der Waals surface area contributed by atoms with Crippen LogP contribution in [0.15, 0.2) is 36.4 Å². The van der Waals surface area contributed by atoms with Crippen LogP contribution >= 0.6 is 11.6 Å². The van der Waals surface area contributed by atoms with Crippen LogP contribution in [-0.4, -0.2) is 80.3 Å². The summed E-state index contributed by atoms with van der Waals surface area (Å²) in [6.45, 7) is 6.13. The van der Waals surface area contributed by atoms with Gasteiger partial charge in [-0.2, -0.15) is 0 Å². The average Bonchev–Trinajstić information content (AvgIpc) is 3.09. The van der Waals surface area contributed by atoms with Crippen LogP contribution in [0.4, 0.5) is 5.69 Å². The Morgan fingerprint density at radius 2 is 1.76 bits per heavy atom. The lowest BCUT2D eigenvalue weighted by molar-refractivity contribution is -0.145. The number of carbonyl (C=O) groups is 4. The molecule has 2 aromatic rings. The van der Waals surface area contributed by atoms with Crippen LogP contribution in [0, 0.1) is 11.3 Å². The number of carboxylic acids is 1. The van der Waals surface area contributed by atoms with Crippen LogP contribution in [0.3, 0.4) is 0 Å². The number of carboxylic acid groups (broad SMARTS) is 1. The average molecular weight is 645 g/mol. The van der Waals surface area contributed by atoms with Crippen molar-refractivity contribution in [2.75, 3.05) is 45.4 Å². The van der Waals surface area contributed by atoms with Crippen molar-refractivity contribution in [2.24, 2.45) is 11.3 Å². The minimum absolute atomic E-state index is 0.00131. The normalized spacial score (nSPS) is 19.0. The Kier molecular flexibility index (Phi) is 11.0. The van der Waals surface area contributed by atoms with Gasteiger partial charge in [0.1, 0.15) is 12.2 Å². The van der Waals surface area contributed by atoms with Crippen molar-refractivity contribution in [3.05, 3.63) is 52.5 Å². The van der Waals surface area contributed by atoms with E-state index < -0.39 is 35.5 Å². The summed E-state index contributed by atoms with van der Waals surface area (Å²) in [5, 5.41) is 9.60. The Morgan fingerprint density at radius 1 is 1.04 bits per heavy atom. The number of esters is 1. The van der Waals surface area contributed by atoms with E-state index in [1.807, 2.05) is 19.9 Å². The van der Waals surface area contributed by atoms with E-state index in [0.717, 1.165) is 0 Å². The van der Waals surface area contributed by atoms with Crippen molar-refractivity contribution in [3.63, 3.8) is 0 Å². The number of hydrogen-bond acceptors (Lipinski definition) is 8. The smallest absolute Gasteiger partial charge is 0.303 e. The third kappa shape index (κ3) is 8.26. The van der Waals surface area contributed by atoms with Gasteiger partial charge < -0.3 is 33.9 Å². The number of rotatable bonds is 11. The molecule has 4 rings (SSSR count). The molecular weight excluding hydrogens is 604 g/mol. The number of aliphatic carboxylic acids is 1. The number of carbonyl (C=O) groups excluding carboxylic acids is 3. The maximum atomic E-state index is 14.4. The highest BCUT2D eigenvalue weighted by atomic mass is 35.5. The van der Waals surface area contributed by atoms with Gasteiger partial charge in [0.25, 0.3) is 5.91 Å². The first-order valence-corrected chi connectivity index (χ1v) is 15.3. The van der Waals surface area contributed by atoms with E-state index >= 15 is 0 Å².